The molecule has 0 aliphatic rings. The van der Waals surface area contributed by atoms with Crippen LogP contribution in [0.25, 0.3) is 5.69 Å². The molecule has 1 N–H and O–H groups in total. The number of nitrogens with one attached hydrogen (secondary N) is 1. The summed E-state index contributed by atoms with van der Waals surface area (Å²) in [6.07, 6.45) is 3.87. The lowest BCUT2D eigenvalue weighted by atomic mass is 10.1. The maximum atomic E-state index is 12.5. The Bertz CT molecular complexity index is 1280. The Labute approximate surface area is 194 Å². The first-order valence-corrected chi connectivity index (χ1v) is 11.0. The summed E-state index contributed by atoms with van der Waals surface area (Å²) in [7, 11) is 1.49. The van der Waals surface area contributed by atoms with Crippen molar-refractivity contribution < 1.29 is 19.1 Å². The highest BCUT2D eigenvalue weighted by molar-refractivity contribution is 7.12. The minimum atomic E-state index is -0.448. The maximum absolute atomic E-state index is 12.5. The molecule has 0 radical (unpaired) electrons. The molecule has 0 fully saturated rings. The van der Waals surface area contributed by atoms with Gasteiger partial charge in [-0.3, -0.25) is 4.79 Å². The van der Waals surface area contributed by atoms with Crippen LogP contribution in [-0.4, -0.2) is 29.3 Å². The van der Waals surface area contributed by atoms with Crippen molar-refractivity contribution in [2.24, 2.45) is 5.10 Å². The van der Waals surface area contributed by atoms with Crippen molar-refractivity contribution in [1.29, 1.82) is 0 Å². The second-order valence-corrected chi connectivity index (χ2v) is 7.96. The summed E-state index contributed by atoms with van der Waals surface area (Å²) in [5.41, 5.74) is 5.31. The van der Waals surface area contributed by atoms with Crippen LogP contribution in [-0.2, 0) is 0 Å². The van der Waals surface area contributed by atoms with Gasteiger partial charge in [0.15, 0.2) is 11.5 Å². The normalized spacial score (nSPS) is 11.2. The van der Waals surface area contributed by atoms with E-state index < -0.39 is 5.97 Å². The number of rotatable bonds is 7. The Hall–Kier alpha value is -4.17. The molecule has 0 aliphatic carbocycles. The summed E-state index contributed by atoms with van der Waals surface area (Å²) < 4.78 is 12.8. The first-order valence-electron chi connectivity index (χ1n) is 10.1. The van der Waals surface area contributed by atoms with E-state index in [9.17, 15) is 9.59 Å². The van der Waals surface area contributed by atoms with Crippen LogP contribution in [0.2, 0.25) is 0 Å². The van der Waals surface area contributed by atoms with Gasteiger partial charge in [-0.15, -0.1) is 11.3 Å². The van der Waals surface area contributed by atoms with Crippen LogP contribution in [0.1, 0.15) is 32.5 Å². The summed E-state index contributed by atoms with van der Waals surface area (Å²) in [4.78, 5) is 25.2. The topological polar surface area (TPSA) is 81.9 Å². The minimum Gasteiger partial charge on any atom is -0.493 e. The molecule has 7 nitrogen and oxygen atoms in total. The number of carbonyl (C=O) groups excluding carboxylic acids is 2. The van der Waals surface area contributed by atoms with Crippen LogP contribution in [0.4, 0.5) is 0 Å². The van der Waals surface area contributed by atoms with Gasteiger partial charge in [-0.2, -0.15) is 5.10 Å². The number of hydrogen-bond acceptors (Lipinski definition) is 6. The molecular formula is C25H21N3O4S. The molecule has 0 spiro atoms. The lowest BCUT2D eigenvalue weighted by Gasteiger charge is -2.11. The summed E-state index contributed by atoms with van der Waals surface area (Å²) >= 11 is 1.30. The summed E-state index contributed by atoms with van der Waals surface area (Å²) in [5.74, 6) is -0.0727. The Morgan fingerprint density at radius 1 is 0.939 bits per heavy atom. The fourth-order valence-electron chi connectivity index (χ4n) is 3.08. The molecule has 2 aromatic carbocycles. The molecule has 8 heteroatoms. The lowest BCUT2D eigenvalue weighted by molar-refractivity contribution is 0.0734. The largest absolute Gasteiger partial charge is 0.493 e. The van der Waals surface area contributed by atoms with Crippen molar-refractivity contribution in [2.75, 3.05) is 7.11 Å². The third kappa shape index (κ3) is 5.19. The average Bonchev–Trinajstić information content (AvgIpc) is 3.57. The first-order chi connectivity index (χ1) is 16.0. The molecule has 166 valence electrons. The van der Waals surface area contributed by atoms with Crippen LogP contribution in [0, 0.1) is 0 Å². The van der Waals surface area contributed by atoms with E-state index in [1.54, 1.807) is 49.4 Å². The van der Waals surface area contributed by atoms with Gasteiger partial charge in [0.25, 0.3) is 5.91 Å². The molecular weight excluding hydrogens is 438 g/mol. The molecule has 2 aromatic heterocycles. The zero-order chi connectivity index (χ0) is 23.2. The SMILES string of the molecule is COc1cc(/C(C)=N/NC(=O)c2ccc(-n3cccc3)cc2)ccc1OC(=O)c1cccs1. The standard InChI is InChI=1S/C25H21N3O4S/c1-17(26-27-24(29)18-7-10-20(11-8-18)28-13-3-4-14-28)19-9-12-21(22(16-19)31-2)32-25(30)23-6-5-15-33-23/h3-16H,1-2H3,(H,27,29)/b26-17+. The number of benzene rings is 2. The van der Waals surface area contributed by atoms with E-state index in [4.69, 9.17) is 9.47 Å². The number of ether oxygens (including phenoxy) is 2. The van der Waals surface area contributed by atoms with E-state index >= 15 is 0 Å². The average molecular weight is 460 g/mol. The predicted molar refractivity (Wildman–Crippen MR) is 128 cm³/mol. The molecule has 2 heterocycles. The van der Waals surface area contributed by atoms with Gasteiger partial charge in [-0.25, -0.2) is 10.2 Å². The molecule has 0 unspecified atom stereocenters. The third-order valence-electron chi connectivity index (χ3n) is 4.86. The second kappa shape index (κ2) is 9.97. The Kier molecular flexibility index (Phi) is 6.66. The maximum Gasteiger partial charge on any atom is 0.353 e. The summed E-state index contributed by atoms with van der Waals surface area (Å²) in [6.45, 7) is 1.77. The van der Waals surface area contributed by atoms with E-state index in [1.807, 2.05) is 46.6 Å². The molecule has 4 rings (SSSR count). The fourth-order valence-corrected chi connectivity index (χ4v) is 3.68. The van der Waals surface area contributed by atoms with Crippen molar-refractivity contribution in [2.45, 2.75) is 6.92 Å². The van der Waals surface area contributed by atoms with Gasteiger partial charge in [0.1, 0.15) is 4.88 Å². The van der Waals surface area contributed by atoms with Crippen LogP contribution in [0.5, 0.6) is 11.5 Å². The van der Waals surface area contributed by atoms with Gasteiger partial charge >= 0.3 is 5.97 Å². The van der Waals surface area contributed by atoms with Crippen molar-refractivity contribution in [3.05, 3.63) is 101 Å². The van der Waals surface area contributed by atoms with Gasteiger partial charge in [-0.05, 0) is 73.0 Å². The molecule has 0 saturated carbocycles. The van der Waals surface area contributed by atoms with Crippen LogP contribution in [0.15, 0.2) is 89.6 Å². The van der Waals surface area contributed by atoms with Crippen molar-refractivity contribution in [3.63, 3.8) is 0 Å². The molecule has 33 heavy (non-hydrogen) atoms. The monoisotopic (exact) mass is 459 g/mol. The summed E-state index contributed by atoms with van der Waals surface area (Å²) in [5, 5.41) is 6.01. The number of hydrazone groups is 1. The molecule has 0 aliphatic heterocycles. The number of hydrogen-bond donors (Lipinski definition) is 1. The number of methoxy groups -OCH3 is 1. The van der Waals surface area contributed by atoms with Gasteiger partial charge in [0.05, 0.1) is 12.8 Å². The fraction of sp³-hybridized carbons (Fsp3) is 0.0800. The molecule has 0 saturated heterocycles. The van der Waals surface area contributed by atoms with Crippen LogP contribution in [0.3, 0.4) is 0 Å². The number of aromatic nitrogens is 1. The Morgan fingerprint density at radius 3 is 2.33 bits per heavy atom. The predicted octanol–water partition coefficient (Wildman–Crippen LogP) is 4.92. The van der Waals surface area contributed by atoms with Crippen LogP contribution >= 0.6 is 11.3 Å². The lowest BCUT2D eigenvalue weighted by Crippen LogP contribution is -2.19. The highest BCUT2D eigenvalue weighted by atomic mass is 32.1. The molecule has 4 aromatic rings. The van der Waals surface area contributed by atoms with Crippen LogP contribution < -0.4 is 14.9 Å². The van der Waals surface area contributed by atoms with E-state index in [0.717, 1.165) is 5.69 Å². The van der Waals surface area contributed by atoms with Gasteiger partial charge < -0.3 is 14.0 Å². The number of esters is 1. The smallest absolute Gasteiger partial charge is 0.353 e. The quantitative estimate of drug-likeness (QED) is 0.184. The van der Waals surface area contributed by atoms with Gasteiger partial charge in [0.2, 0.25) is 0 Å². The molecule has 1 amide bonds. The Morgan fingerprint density at radius 2 is 1.67 bits per heavy atom. The highest BCUT2D eigenvalue weighted by Gasteiger charge is 2.14. The van der Waals surface area contributed by atoms with E-state index in [2.05, 4.69) is 10.5 Å². The minimum absolute atomic E-state index is 0.305. The van der Waals surface area contributed by atoms with E-state index in [1.165, 1.54) is 18.4 Å². The van der Waals surface area contributed by atoms with Crippen molar-refractivity contribution in [1.82, 2.24) is 9.99 Å². The number of amides is 1. The molecule has 0 bridgehead atoms. The number of nitrogens with zero attached hydrogens (tertiary/aromatic N) is 2. The zero-order valence-corrected chi connectivity index (χ0v) is 18.8. The van der Waals surface area contributed by atoms with Gasteiger partial charge in [-0.1, -0.05) is 6.07 Å². The van der Waals surface area contributed by atoms with E-state index in [0.29, 0.717) is 33.2 Å². The van der Waals surface area contributed by atoms with Crippen molar-refractivity contribution >= 4 is 28.9 Å². The van der Waals surface area contributed by atoms with Crippen molar-refractivity contribution in [3.8, 4) is 17.2 Å². The zero-order valence-electron chi connectivity index (χ0n) is 18.0. The number of thiophene rings is 1. The van der Waals surface area contributed by atoms with E-state index in [-0.39, 0.29) is 5.91 Å². The molecule has 0 atom stereocenters. The van der Waals surface area contributed by atoms with Gasteiger partial charge in [0, 0.05) is 29.2 Å². The number of carbonyl (C=O) groups is 2. The first kappa shape index (κ1) is 22.0. The Balaban J connectivity index is 1.43. The second-order valence-electron chi connectivity index (χ2n) is 7.01. The third-order valence-corrected chi connectivity index (χ3v) is 5.71. The highest BCUT2D eigenvalue weighted by Crippen LogP contribution is 2.29. The summed E-state index contributed by atoms with van der Waals surface area (Å²) in [6, 6.07) is 19.7.